The maximum absolute atomic E-state index is 5.37. The van der Waals surface area contributed by atoms with E-state index in [1.165, 1.54) is 59.8 Å². The molecule has 0 atom stereocenters. The summed E-state index contributed by atoms with van der Waals surface area (Å²) in [4.78, 5) is 31.0. The third-order valence-corrected chi connectivity index (χ3v) is 25.4. The molecule has 17 aromatic carbocycles. The third-order valence-electron chi connectivity index (χ3n) is 25.4. The highest BCUT2D eigenvalue weighted by Crippen LogP contribution is 2.46. The second-order valence-corrected chi connectivity index (χ2v) is 32.8. The molecular formula is C118H76N12. The molecule has 27 aromatic rings. The van der Waals surface area contributed by atoms with Crippen LogP contribution in [0.2, 0.25) is 0 Å². The number of aromatic nitrogens is 12. The van der Waals surface area contributed by atoms with Gasteiger partial charge in [-0.05, 0) is 156 Å². The van der Waals surface area contributed by atoms with Gasteiger partial charge in [0.15, 0.2) is 11.6 Å². The summed E-state index contributed by atoms with van der Waals surface area (Å²) in [5.74, 6) is 1.81. The normalized spacial score (nSPS) is 11.7. The Morgan fingerprint density at radius 1 is 0.169 bits per heavy atom. The van der Waals surface area contributed by atoms with Crippen molar-refractivity contribution in [1.82, 2.24) is 57.3 Å². The summed E-state index contributed by atoms with van der Waals surface area (Å²) >= 11 is 0. The van der Waals surface area contributed by atoms with E-state index in [9.17, 15) is 0 Å². The molecule has 0 radical (unpaired) electrons. The van der Waals surface area contributed by atoms with Crippen molar-refractivity contribution >= 4 is 142 Å². The maximum Gasteiger partial charge on any atom is 0.238 e. The Morgan fingerprint density at radius 2 is 0.492 bits per heavy atom. The SMILES string of the molecule is c1ccc(-c2nc(-c3ccccc3)nc(-n3c4ccccc4c4c(-c5cc6c7ccccc7n(-c7ccccc7)c6cn5)cccc43)n2)cc1.c1ccc(-n2c3ccccc3c3nc(-c4cccc5c4c4ccccc4n5-c4ccc5ccccc5c4)ccc32)cc1.c1ccc(-n2c3ccccc3c3nc(-c4cccc5c4c4ccccc4n5-c4ccccc4)ccc32)cc1. The highest BCUT2D eigenvalue weighted by Gasteiger charge is 2.26. The minimum Gasteiger partial charge on any atom is -0.309 e. The van der Waals surface area contributed by atoms with Crippen LogP contribution < -0.4 is 0 Å². The van der Waals surface area contributed by atoms with Gasteiger partial charge in [-0.2, -0.15) is 9.97 Å². The van der Waals surface area contributed by atoms with Crippen LogP contribution in [0.5, 0.6) is 0 Å². The van der Waals surface area contributed by atoms with Gasteiger partial charge in [0.1, 0.15) is 0 Å². The van der Waals surface area contributed by atoms with E-state index in [-0.39, 0.29) is 0 Å². The molecule has 0 fully saturated rings. The van der Waals surface area contributed by atoms with Gasteiger partial charge in [-0.3, -0.25) is 9.55 Å². The summed E-state index contributed by atoms with van der Waals surface area (Å²) in [6.07, 6.45) is 2.01. The zero-order valence-electron chi connectivity index (χ0n) is 70.2. The summed E-state index contributed by atoms with van der Waals surface area (Å²) in [5, 5.41) is 14.3. The molecule has 12 nitrogen and oxygen atoms in total. The van der Waals surface area contributed by atoms with E-state index in [0.29, 0.717) is 17.6 Å². The zero-order valence-corrected chi connectivity index (χ0v) is 70.2. The fourth-order valence-electron chi connectivity index (χ4n) is 19.8. The van der Waals surface area contributed by atoms with Gasteiger partial charge in [0.2, 0.25) is 5.95 Å². The van der Waals surface area contributed by atoms with Crippen LogP contribution >= 0.6 is 0 Å². The first-order valence-corrected chi connectivity index (χ1v) is 43.9. The quantitative estimate of drug-likeness (QED) is 0.128. The van der Waals surface area contributed by atoms with Crippen molar-refractivity contribution in [2.75, 3.05) is 0 Å². The van der Waals surface area contributed by atoms with Gasteiger partial charge in [0.05, 0.1) is 101 Å². The molecule has 0 aliphatic heterocycles. The summed E-state index contributed by atoms with van der Waals surface area (Å²) in [6, 6.07) is 160. The van der Waals surface area contributed by atoms with Crippen molar-refractivity contribution in [3.63, 3.8) is 0 Å². The smallest absolute Gasteiger partial charge is 0.238 e. The number of rotatable bonds is 11. The zero-order chi connectivity index (χ0) is 85.7. The average molecular weight is 1660 g/mol. The van der Waals surface area contributed by atoms with Crippen molar-refractivity contribution in [3.8, 4) is 90.9 Å². The molecule has 0 aliphatic rings. The van der Waals surface area contributed by atoms with Crippen LogP contribution in [0, 0.1) is 0 Å². The van der Waals surface area contributed by atoms with Crippen molar-refractivity contribution in [2.24, 2.45) is 0 Å². The first-order chi connectivity index (χ1) is 64.5. The molecule has 27 rings (SSSR count). The van der Waals surface area contributed by atoms with E-state index >= 15 is 0 Å². The lowest BCUT2D eigenvalue weighted by atomic mass is 10.0. The lowest BCUT2D eigenvalue weighted by Crippen LogP contribution is -2.06. The molecule has 0 saturated heterocycles. The molecule has 0 spiro atoms. The van der Waals surface area contributed by atoms with Crippen LogP contribution in [0.15, 0.2) is 461 Å². The molecule has 10 aromatic heterocycles. The Morgan fingerprint density at radius 3 is 0.938 bits per heavy atom. The first kappa shape index (κ1) is 74.8. The first-order valence-electron chi connectivity index (χ1n) is 43.9. The topological polar surface area (TPSA) is 107 Å². The van der Waals surface area contributed by atoms with Gasteiger partial charge in [-0.15, -0.1) is 0 Å². The molecule has 0 amide bonds. The van der Waals surface area contributed by atoms with Crippen LogP contribution in [0.3, 0.4) is 0 Å². The predicted octanol–water partition coefficient (Wildman–Crippen LogP) is 29.5. The van der Waals surface area contributed by atoms with Crippen LogP contribution in [0.25, 0.3) is 233 Å². The van der Waals surface area contributed by atoms with Crippen LogP contribution in [0.4, 0.5) is 0 Å². The van der Waals surface area contributed by atoms with Gasteiger partial charge in [-0.25, -0.2) is 15.0 Å². The van der Waals surface area contributed by atoms with Gasteiger partial charge >= 0.3 is 0 Å². The minimum absolute atomic E-state index is 0.565. The van der Waals surface area contributed by atoms with E-state index < -0.39 is 0 Å². The highest BCUT2D eigenvalue weighted by molar-refractivity contribution is 6.20. The van der Waals surface area contributed by atoms with E-state index in [1.807, 2.05) is 72.9 Å². The molecular weight excluding hydrogens is 1590 g/mol. The maximum atomic E-state index is 5.37. The van der Waals surface area contributed by atoms with E-state index in [1.54, 1.807) is 0 Å². The number of hydrogen-bond donors (Lipinski definition) is 0. The summed E-state index contributed by atoms with van der Waals surface area (Å²) < 4.78 is 13.8. The largest absolute Gasteiger partial charge is 0.309 e. The fraction of sp³-hybridized carbons (Fsp3) is 0. The molecule has 0 saturated carbocycles. The van der Waals surface area contributed by atoms with Gasteiger partial charge < -0.3 is 22.8 Å². The number of nitrogens with zero attached hydrogens (tertiary/aromatic N) is 12. The molecule has 130 heavy (non-hydrogen) atoms. The molecule has 12 heteroatoms. The number of para-hydroxylation sites is 10. The summed E-state index contributed by atoms with van der Waals surface area (Å²) in [7, 11) is 0. The monoisotopic (exact) mass is 1660 g/mol. The van der Waals surface area contributed by atoms with Crippen LogP contribution in [-0.4, -0.2) is 57.3 Å². The van der Waals surface area contributed by atoms with Crippen molar-refractivity contribution in [1.29, 1.82) is 0 Å². The molecule has 0 bridgehead atoms. The Bertz CT molecular complexity index is 9050. The Balaban J connectivity index is 0.000000106. The molecule has 0 aliphatic carbocycles. The highest BCUT2D eigenvalue weighted by atomic mass is 15.2. The van der Waals surface area contributed by atoms with E-state index in [0.717, 1.165) is 155 Å². The van der Waals surface area contributed by atoms with Gasteiger partial charge in [0, 0.05) is 110 Å². The Hall–Kier alpha value is -17.7. The van der Waals surface area contributed by atoms with Crippen molar-refractivity contribution in [3.05, 3.63) is 461 Å². The van der Waals surface area contributed by atoms with Crippen molar-refractivity contribution in [2.45, 2.75) is 0 Å². The number of pyridine rings is 3. The second-order valence-electron chi connectivity index (χ2n) is 32.8. The minimum atomic E-state index is 0.565. The summed E-state index contributed by atoms with van der Waals surface area (Å²) in [6.45, 7) is 0. The van der Waals surface area contributed by atoms with Crippen LogP contribution in [0.1, 0.15) is 0 Å². The van der Waals surface area contributed by atoms with E-state index in [4.69, 9.17) is 29.9 Å². The Kier molecular flexibility index (Phi) is 18.0. The lowest BCUT2D eigenvalue weighted by molar-refractivity contribution is 0.953. The number of benzene rings is 17. The number of fused-ring (bicyclic) bond motifs is 19. The standard InChI is InChI=1S/C44H28N6.C39H25N3.C35H23N3/c1-4-15-29(16-5-1)42-46-43(30-17-6-2-7-18-30)48-44(47-42)50-38-25-13-11-22-34(38)41-33(23-14-26-39(41)50)36-27-35-32-21-10-12-24-37(32)49(40(35)28-45-36)31-19-8-3-9-20-31;1-2-13-28(14-3-1)41-35-19-9-7-16-32(35)39-37(41)24-23-33(40-39)30-17-10-20-36-38(30)31-15-6-8-18-34(31)42(36)29-22-21-26-11-4-5-12-27(26)25-29;1-3-12-24(13-4-1)37-30-19-9-7-16-27(30)34-26(18-11-21-32(34)37)29-22-23-33-35(36-29)28-17-8-10-20-31(28)38(33)25-14-5-2-6-15-25/h1-28H;1-25H;1-23H. The summed E-state index contributed by atoms with van der Waals surface area (Å²) in [5.41, 5.74) is 29.3. The predicted molar refractivity (Wildman–Crippen MR) is 537 cm³/mol. The average Bonchev–Trinajstić information content (AvgIpc) is 1.58. The molecule has 608 valence electrons. The second kappa shape index (κ2) is 31.2. The third kappa shape index (κ3) is 12.4. The van der Waals surface area contributed by atoms with E-state index in [2.05, 4.69) is 416 Å². The van der Waals surface area contributed by atoms with Crippen LogP contribution in [-0.2, 0) is 0 Å². The van der Waals surface area contributed by atoms with Gasteiger partial charge in [-0.1, -0.05) is 309 Å². The molecule has 0 N–H and O–H groups in total. The molecule has 0 unspecified atom stereocenters. The Labute approximate surface area is 746 Å². The molecule has 10 heterocycles. The fourth-order valence-corrected chi connectivity index (χ4v) is 19.8. The van der Waals surface area contributed by atoms with Crippen molar-refractivity contribution < 1.29 is 0 Å². The van der Waals surface area contributed by atoms with Gasteiger partial charge in [0.25, 0.3) is 0 Å². The number of hydrogen-bond acceptors (Lipinski definition) is 6. The lowest BCUT2D eigenvalue weighted by Gasteiger charge is -2.11.